The molecule has 0 bridgehead atoms. The number of Topliss-reactive ketones (excluding diaryl/α,β-unsaturated/α-hetero) is 1. The second kappa shape index (κ2) is 2.61. The molecular formula is C10H16O2. The maximum atomic E-state index is 11.6. The summed E-state index contributed by atoms with van der Waals surface area (Å²) < 4.78 is 5.34. The standard InChI is InChI=1S/C10H16O2/c1-6-8(10(3,4)5)9(11)7(2)12-6/h7H,1-5H3. The average Bonchev–Trinajstić information content (AvgIpc) is 2.05. The van der Waals surface area contributed by atoms with Crippen LogP contribution >= 0.6 is 0 Å². The third-order valence-corrected chi connectivity index (χ3v) is 2.07. The lowest BCUT2D eigenvalue weighted by atomic mass is 9.83. The highest BCUT2D eigenvalue weighted by atomic mass is 16.5. The zero-order valence-electron chi connectivity index (χ0n) is 8.39. The van der Waals surface area contributed by atoms with Gasteiger partial charge in [-0.1, -0.05) is 20.8 Å². The molecule has 0 radical (unpaired) electrons. The Hall–Kier alpha value is -0.790. The largest absolute Gasteiger partial charge is 0.487 e. The van der Waals surface area contributed by atoms with E-state index in [2.05, 4.69) is 0 Å². The molecule has 1 rings (SSSR count). The van der Waals surface area contributed by atoms with Crippen molar-refractivity contribution in [2.75, 3.05) is 0 Å². The van der Waals surface area contributed by atoms with Crippen molar-refractivity contribution in [2.24, 2.45) is 5.41 Å². The van der Waals surface area contributed by atoms with Crippen molar-refractivity contribution in [3.63, 3.8) is 0 Å². The van der Waals surface area contributed by atoms with Gasteiger partial charge >= 0.3 is 0 Å². The van der Waals surface area contributed by atoms with Crippen molar-refractivity contribution in [1.29, 1.82) is 0 Å². The minimum absolute atomic E-state index is 0.0913. The summed E-state index contributed by atoms with van der Waals surface area (Å²) in [6, 6.07) is 0. The van der Waals surface area contributed by atoms with E-state index < -0.39 is 0 Å². The summed E-state index contributed by atoms with van der Waals surface area (Å²) in [7, 11) is 0. The molecule has 1 heterocycles. The van der Waals surface area contributed by atoms with E-state index >= 15 is 0 Å². The van der Waals surface area contributed by atoms with Crippen LogP contribution in [0, 0.1) is 5.41 Å². The lowest BCUT2D eigenvalue weighted by Gasteiger charge is -2.18. The van der Waals surface area contributed by atoms with Gasteiger partial charge in [0, 0.05) is 5.57 Å². The van der Waals surface area contributed by atoms with Crippen molar-refractivity contribution in [1.82, 2.24) is 0 Å². The SMILES string of the molecule is CC1=C(C(C)(C)C)C(=O)C(C)O1. The van der Waals surface area contributed by atoms with Crippen molar-refractivity contribution in [3.05, 3.63) is 11.3 Å². The molecule has 0 saturated heterocycles. The fraction of sp³-hybridized carbons (Fsp3) is 0.700. The molecule has 1 aliphatic rings. The van der Waals surface area contributed by atoms with Gasteiger partial charge in [0.25, 0.3) is 0 Å². The first kappa shape index (κ1) is 9.30. The fourth-order valence-electron chi connectivity index (χ4n) is 1.65. The van der Waals surface area contributed by atoms with Crippen molar-refractivity contribution in [3.8, 4) is 0 Å². The van der Waals surface area contributed by atoms with Gasteiger partial charge in [0.05, 0.1) is 0 Å². The van der Waals surface area contributed by atoms with Gasteiger partial charge in [-0.05, 0) is 19.3 Å². The van der Waals surface area contributed by atoms with Crippen molar-refractivity contribution >= 4 is 5.78 Å². The first-order chi connectivity index (χ1) is 5.34. The van der Waals surface area contributed by atoms with E-state index in [1.54, 1.807) is 6.92 Å². The van der Waals surface area contributed by atoms with Gasteiger partial charge in [0.15, 0.2) is 6.10 Å². The zero-order valence-corrected chi connectivity index (χ0v) is 8.39. The van der Waals surface area contributed by atoms with Crippen LogP contribution < -0.4 is 0 Å². The number of hydrogen-bond donors (Lipinski definition) is 0. The van der Waals surface area contributed by atoms with E-state index in [1.165, 1.54) is 0 Å². The summed E-state index contributed by atoms with van der Waals surface area (Å²) in [5.74, 6) is 0.931. The maximum Gasteiger partial charge on any atom is 0.202 e. The molecular weight excluding hydrogens is 152 g/mol. The van der Waals surface area contributed by atoms with Gasteiger partial charge in [0.1, 0.15) is 5.76 Å². The van der Waals surface area contributed by atoms with Gasteiger partial charge in [-0.2, -0.15) is 0 Å². The summed E-state index contributed by atoms with van der Waals surface area (Å²) in [6.45, 7) is 9.76. The number of hydrogen-bond acceptors (Lipinski definition) is 2. The van der Waals surface area contributed by atoms with Gasteiger partial charge in [-0.3, -0.25) is 4.79 Å². The summed E-state index contributed by atoms with van der Waals surface area (Å²) in [5, 5.41) is 0. The van der Waals surface area contributed by atoms with E-state index in [0.717, 1.165) is 11.3 Å². The van der Waals surface area contributed by atoms with Crippen LogP contribution in [0.4, 0.5) is 0 Å². The van der Waals surface area contributed by atoms with Crippen LogP contribution in [-0.2, 0) is 9.53 Å². The first-order valence-corrected chi connectivity index (χ1v) is 4.26. The number of ether oxygens (including phenoxy) is 1. The number of carbonyl (C=O) groups is 1. The van der Waals surface area contributed by atoms with Crippen LogP contribution in [-0.4, -0.2) is 11.9 Å². The van der Waals surface area contributed by atoms with E-state index in [0.29, 0.717) is 0 Å². The van der Waals surface area contributed by atoms with E-state index in [4.69, 9.17) is 4.74 Å². The molecule has 2 nitrogen and oxygen atoms in total. The van der Waals surface area contributed by atoms with Crippen LogP contribution in [0.25, 0.3) is 0 Å². The van der Waals surface area contributed by atoms with Crippen LogP contribution in [0.15, 0.2) is 11.3 Å². The third kappa shape index (κ3) is 1.38. The summed E-state index contributed by atoms with van der Waals surface area (Å²) in [6.07, 6.45) is -0.278. The second-order valence-electron chi connectivity index (χ2n) is 4.31. The third-order valence-electron chi connectivity index (χ3n) is 2.07. The molecule has 0 N–H and O–H groups in total. The molecule has 0 spiro atoms. The highest BCUT2D eigenvalue weighted by Gasteiger charge is 2.36. The first-order valence-electron chi connectivity index (χ1n) is 4.26. The Morgan fingerprint density at radius 1 is 1.33 bits per heavy atom. The molecule has 68 valence electrons. The molecule has 0 amide bonds. The molecule has 0 aromatic carbocycles. The number of carbonyl (C=O) groups excluding carboxylic acids is 1. The minimum Gasteiger partial charge on any atom is -0.487 e. The monoisotopic (exact) mass is 168 g/mol. The molecule has 0 aromatic rings. The second-order valence-corrected chi connectivity index (χ2v) is 4.31. The van der Waals surface area contributed by atoms with Crippen molar-refractivity contribution < 1.29 is 9.53 Å². The Kier molecular flexibility index (Phi) is 2.02. The number of ketones is 1. The Bertz CT molecular complexity index is 243. The number of rotatable bonds is 0. The topological polar surface area (TPSA) is 26.3 Å². The average molecular weight is 168 g/mol. The van der Waals surface area contributed by atoms with E-state index in [-0.39, 0.29) is 17.3 Å². The van der Waals surface area contributed by atoms with Gasteiger partial charge in [0.2, 0.25) is 5.78 Å². The Balaban J connectivity index is 3.04. The molecule has 1 unspecified atom stereocenters. The number of allylic oxidation sites excluding steroid dienone is 1. The highest BCUT2D eigenvalue weighted by molar-refractivity contribution is 6.01. The molecule has 1 aliphatic heterocycles. The van der Waals surface area contributed by atoms with E-state index in [1.807, 2.05) is 27.7 Å². The van der Waals surface area contributed by atoms with Crippen LogP contribution in [0.2, 0.25) is 0 Å². The molecule has 12 heavy (non-hydrogen) atoms. The lowest BCUT2D eigenvalue weighted by Crippen LogP contribution is -2.21. The Morgan fingerprint density at radius 3 is 2.00 bits per heavy atom. The van der Waals surface area contributed by atoms with Gasteiger partial charge < -0.3 is 4.74 Å². The molecule has 0 aromatic heterocycles. The highest BCUT2D eigenvalue weighted by Crippen LogP contribution is 2.35. The predicted molar refractivity (Wildman–Crippen MR) is 47.7 cm³/mol. The summed E-state index contributed by atoms with van der Waals surface area (Å²) in [5.41, 5.74) is 0.751. The quantitative estimate of drug-likeness (QED) is 0.554. The molecule has 1 atom stereocenters. The van der Waals surface area contributed by atoms with Crippen molar-refractivity contribution in [2.45, 2.75) is 40.7 Å². The summed E-state index contributed by atoms with van der Waals surface area (Å²) in [4.78, 5) is 11.6. The Morgan fingerprint density at radius 2 is 1.83 bits per heavy atom. The Labute approximate surface area is 73.6 Å². The smallest absolute Gasteiger partial charge is 0.202 e. The zero-order chi connectivity index (χ0) is 9.52. The minimum atomic E-state index is -0.278. The van der Waals surface area contributed by atoms with Crippen LogP contribution in [0.1, 0.15) is 34.6 Å². The molecule has 2 heteroatoms. The predicted octanol–water partition coefficient (Wildman–Crippen LogP) is 2.29. The maximum absolute atomic E-state index is 11.6. The van der Waals surface area contributed by atoms with E-state index in [9.17, 15) is 4.79 Å². The summed E-state index contributed by atoms with van der Waals surface area (Å²) >= 11 is 0. The normalized spacial score (nSPS) is 24.8. The van der Waals surface area contributed by atoms with Gasteiger partial charge in [-0.15, -0.1) is 0 Å². The molecule has 0 fully saturated rings. The molecule has 0 saturated carbocycles. The lowest BCUT2D eigenvalue weighted by molar-refractivity contribution is -0.121. The molecule has 0 aliphatic carbocycles. The fourth-order valence-corrected chi connectivity index (χ4v) is 1.65. The van der Waals surface area contributed by atoms with Crippen LogP contribution in [0.5, 0.6) is 0 Å². The van der Waals surface area contributed by atoms with Gasteiger partial charge in [-0.25, -0.2) is 0 Å². The van der Waals surface area contributed by atoms with Crippen LogP contribution in [0.3, 0.4) is 0 Å².